The quantitative estimate of drug-likeness (QED) is 0.668. The van der Waals surface area contributed by atoms with Gasteiger partial charge in [-0.3, -0.25) is 14.2 Å². The Labute approximate surface area is 165 Å². The lowest BCUT2D eigenvalue weighted by molar-refractivity contribution is -0.116. The molecule has 6 nitrogen and oxygen atoms in total. The van der Waals surface area contributed by atoms with Gasteiger partial charge in [-0.1, -0.05) is 12.1 Å². The third-order valence-electron chi connectivity index (χ3n) is 4.34. The highest BCUT2D eigenvalue weighted by Crippen LogP contribution is 2.19. The van der Waals surface area contributed by atoms with Crippen molar-refractivity contribution in [2.75, 3.05) is 11.9 Å². The fraction of sp³-hybridized carbons (Fsp3) is 0.190. The molecule has 29 heavy (non-hydrogen) atoms. The molecule has 0 unspecified atom stereocenters. The second-order valence-corrected chi connectivity index (χ2v) is 6.43. The van der Waals surface area contributed by atoms with Crippen molar-refractivity contribution in [3.63, 3.8) is 0 Å². The number of benzene rings is 2. The molecular formula is C21H19F2N3O3. The summed E-state index contributed by atoms with van der Waals surface area (Å²) < 4.78 is 27.9. The summed E-state index contributed by atoms with van der Waals surface area (Å²) in [5.41, 5.74) is 0.906. The van der Waals surface area contributed by atoms with Crippen LogP contribution in [0, 0.1) is 18.6 Å². The highest BCUT2D eigenvalue weighted by molar-refractivity contribution is 5.90. The van der Waals surface area contributed by atoms with E-state index in [1.165, 1.54) is 42.5 Å². The Hall–Kier alpha value is -3.39. The third-order valence-corrected chi connectivity index (χ3v) is 4.34. The van der Waals surface area contributed by atoms with Crippen LogP contribution < -0.4 is 10.9 Å². The number of rotatable bonds is 6. The number of hydrogen-bond donors (Lipinski definition) is 2. The van der Waals surface area contributed by atoms with Crippen molar-refractivity contribution in [3.05, 3.63) is 81.8 Å². The second-order valence-electron chi connectivity index (χ2n) is 6.43. The predicted molar refractivity (Wildman–Crippen MR) is 104 cm³/mol. The van der Waals surface area contributed by atoms with E-state index in [1.54, 1.807) is 13.0 Å². The van der Waals surface area contributed by atoms with Crippen LogP contribution in [0.2, 0.25) is 0 Å². The summed E-state index contributed by atoms with van der Waals surface area (Å²) in [5.74, 6) is -1.33. The molecule has 8 heteroatoms. The minimum absolute atomic E-state index is 0.0840. The third kappa shape index (κ3) is 4.72. The fourth-order valence-electron chi connectivity index (χ4n) is 2.97. The van der Waals surface area contributed by atoms with Crippen molar-refractivity contribution in [3.8, 4) is 11.4 Å². The fourth-order valence-corrected chi connectivity index (χ4v) is 2.97. The molecule has 0 saturated heterocycles. The topological polar surface area (TPSA) is 84.2 Å². The molecule has 1 heterocycles. The average Bonchev–Trinajstić information content (AvgIpc) is 2.69. The van der Waals surface area contributed by atoms with Gasteiger partial charge < -0.3 is 10.4 Å². The molecule has 0 aliphatic carbocycles. The van der Waals surface area contributed by atoms with Crippen LogP contribution in [0.5, 0.6) is 0 Å². The number of halogens is 2. The van der Waals surface area contributed by atoms with Crippen molar-refractivity contribution < 1.29 is 18.7 Å². The maximum atomic E-state index is 13.7. The van der Waals surface area contributed by atoms with Gasteiger partial charge in [0.15, 0.2) is 0 Å². The highest BCUT2D eigenvalue weighted by atomic mass is 19.1. The molecule has 0 saturated carbocycles. The van der Waals surface area contributed by atoms with E-state index in [1.807, 2.05) is 0 Å². The van der Waals surface area contributed by atoms with Crippen molar-refractivity contribution in [2.45, 2.75) is 19.9 Å². The molecule has 2 N–H and O–H groups in total. The number of carbonyl (C=O) groups is 1. The first-order valence-corrected chi connectivity index (χ1v) is 8.91. The average molecular weight is 399 g/mol. The Bertz CT molecular complexity index is 1100. The van der Waals surface area contributed by atoms with E-state index in [0.29, 0.717) is 16.9 Å². The molecular weight excluding hydrogens is 380 g/mol. The van der Waals surface area contributed by atoms with Crippen LogP contribution in [-0.4, -0.2) is 27.2 Å². The van der Waals surface area contributed by atoms with E-state index in [4.69, 9.17) is 0 Å². The van der Waals surface area contributed by atoms with E-state index in [9.17, 15) is 23.5 Å². The number of amides is 1. The molecule has 0 fully saturated rings. The van der Waals surface area contributed by atoms with Crippen molar-refractivity contribution in [1.82, 2.24) is 9.55 Å². The van der Waals surface area contributed by atoms with Crippen LogP contribution in [0.25, 0.3) is 11.4 Å². The SMILES string of the molecule is Cc1nc(-c2cccc(F)c2)n(CC(=O)Nc2ccc(F)cc2)c(=O)c1CCO. The Morgan fingerprint density at radius 3 is 2.52 bits per heavy atom. The lowest BCUT2D eigenvalue weighted by Crippen LogP contribution is -2.33. The first-order chi connectivity index (χ1) is 13.9. The maximum absolute atomic E-state index is 13.7. The standard InChI is InChI=1S/C21H19F2N3O3/c1-13-18(9-10-27)21(29)26(20(24-13)14-3-2-4-16(23)11-14)12-19(28)25-17-7-5-15(22)6-8-17/h2-8,11,27H,9-10,12H2,1H3,(H,25,28). The minimum atomic E-state index is -0.531. The Morgan fingerprint density at radius 2 is 1.86 bits per heavy atom. The summed E-state index contributed by atoms with van der Waals surface area (Å²) in [5, 5.41) is 11.8. The number of aryl methyl sites for hydroxylation is 1. The van der Waals surface area contributed by atoms with E-state index >= 15 is 0 Å². The van der Waals surface area contributed by atoms with Crippen LogP contribution >= 0.6 is 0 Å². The van der Waals surface area contributed by atoms with Crippen LogP contribution in [-0.2, 0) is 17.8 Å². The van der Waals surface area contributed by atoms with E-state index < -0.39 is 23.1 Å². The summed E-state index contributed by atoms with van der Waals surface area (Å²) in [6, 6.07) is 10.8. The maximum Gasteiger partial charge on any atom is 0.257 e. The van der Waals surface area contributed by atoms with Gasteiger partial charge in [-0.15, -0.1) is 0 Å². The number of aliphatic hydroxyl groups is 1. The number of carbonyl (C=O) groups excluding carboxylic acids is 1. The second kappa shape index (κ2) is 8.74. The first-order valence-electron chi connectivity index (χ1n) is 8.91. The molecule has 1 amide bonds. The lowest BCUT2D eigenvalue weighted by Gasteiger charge is -2.16. The highest BCUT2D eigenvalue weighted by Gasteiger charge is 2.18. The number of aliphatic hydroxyl groups excluding tert-OH is 1. The number of nitrogens with one attached hydrogen (secondary N) is 1. The van der Waals surface area contributed by atoms with Crippen LogP contribution in [0.1, 0.15) is 11.3 Å². The van der Waals surface area contributed by atoms with Gasteiger partial charge in [0.2, 0.25) is 5.91 Å². The normalized spacial score (nSPS) is 10.8. The number of nitrogens with zero attached hydrogens (tertiary/aromatic N) is 2. The zero-order chi connectivity index (χ0) is 21.0. The van der Waals surface area contributed by atoms with Crippen LogP contribution in [0.3, 0.4) is 0 Å². The van der Waals surface area contributed by atoms with Crippen LogP contribution in [0.15, 0.2) is 53.3 Å². The zero-order valence-electron chi connectivity index (χ0n) is 15.7. The van der Waals surface area contributed by atoms with Gasteiger partial charge in [-0.2, -0.15) is 0 Å². The molecule has 0 aliphatic rings. The molecule has 3 aromatic rings. The summed E-state index contributed by atoms with van der Waals surface area (Å²) in [4.78, 5) is 29.9. The van der Waals surface area contributed by atoms with Crippen molar-refractivity contribution >= 4 is 11.6 Å². The molecule has 1 aromatic heterocycles. The van der Waals surface area contributed by atoms with Gasteiger partial charge >= 0.3 is 0 Å². The van der Waals surface area contributed by atoms with E-state index in [-0.39, 0.29) is 31.0 Å². The first kappa shape index (κ1) is 20.3. The summed E-state index contributed by atoms with van der Waals surface area (Å²) in [6.07, 6.45) is 0.0840. The molecule has 0 bridgehead atoms. The molecule has 0 spiro atoms. The lowest BCUT2D eigenvalue weighted by atomic mass is 10.1. The Balaban J connectivity index is 2.02. The Kier molecular flexibility index (Phi) is 6.13. The molecule has 2 aromatic carbocycles. The van der Waals surface area contributed by atoms with Gasteiger partial charge in [0.05, 0.1) is 0 Å². The van der Waals surface area contributed by atoms with Gasteiger partial charge in [-0.05, 0) is 43.3 Å². The van der Waals surface area contributed by atoms with Crippen molar-refractivity contribution in [1.29, 1.82) is 0 Å². The van der Waals surface area contributed by atoms with E-state index in [0.717, 1.165) is 4.57 Å². The summed E-state index contributed by atoms with van der Waals surface area (Å²) >= 11 is 0. The molecule has 0 radical (unpaired) electrons. The van der Waals surface area contributed by atoms with Crippen LogP contribution in [0.4, 0.5) is 14.5 Å². The molecule has 3 rings (SSSR count). The number of anilines is 1. The molecule has 0 aliphatic heterocycles. The number of aromatic nitrogens is 2. The Morgan fingerprint density at radius 1 is 1.14 bits per heavy atom. The smallest absolute Gasteiger partial charge is 0.257 e. The van der Waals surface area contributed by atoms with Crippen molar-refractivity contribution in [2.24, 2.45) is 0 Å². The van der Waals surface area contributed by atoms with Gasteiger partial charge in [0, 0.05) is 35.5 Å². The van der Waals surface area contributed by atoms with Gasteiger partial charge in [0.1, 0.15) is 24.0 Å². The van der Waals surface area contributed by atoms with E-state index in [2.05, 4.69) is 10.3 Å². The molecule has 0 atom stereocenters. The largest absolute Gasteiger partial charge is 0.396 e. The number of hydrogen-bond acceptors (Lipinski definition) is 4. The monoisotopic (exact) mass is 399 g/mol. The minimum Gasteiger partial charge on any atom is -0.396 e. The zero-order valence-corrected chi connectivity index (χ0v) is 15.7. The predicted octanol–water partition coefficient (Wildman–Crippen LogP) is 2.67. The van der Waals surface area contributed by atoms with Gasteiger partial charge in [-0.25, -0.2) is 13.8 Å². The summed E-state index contributed by atoms with van der Waals surface area (Å²) in [7, 11) is 0. The molecule has 150 valence electrons. The van der Waals surface area contributed by atoms with Gasteiger partial charge in [0.25, 0.3) is 5.56 Å². The summed E-state index contributed by atoms with van der Waals surface area (Å²) in [6.45, 7) is 0.991.